The van der Waals surface area contributed by atoms with Gasteiger partial charge < -0.3 is 10.2 Å². The van der Waals surface area contributed by atoms with Crippen LogP contribution in [0.15, 0.2) is 54.6 Å². The summed E-state index contributed by atoms with van der Waals surface area (Å²) in [4.78, 5) is 4.98. The lowest BCUT2D eigenvalue weighted by molar-refractivity contribution is 0.142. The molecule has 2 aromatic rings. The predicted octanol–water partition coefficient (Wildman–Crippen LogP) is 2.95. The summed E-state index contributed by atoms with van der Waals surface area (Å²) in [5, 5.41) is 3.75. The molecule has 1 saturated heterocycles. The van der Waals surface area contributed by atoms with E-state index in [0.717, 1.165) is 44.8 Å². The van der Waals surface area contributed by atoms with Crippen LogP contribution in [0.4, 0.5) is 0 Å². The van der Waals surface area contributed by atoms with Crippen molar-refractivity contribution in [1.29, 1.82) is 0 Å². The van der Waals surface area contributed by atoms with E-state index in [4.69, 9.17) is 0 Å². The van der Waals surface area contributed by atoms with E-state index >= 15 is 0 Å². The van der Waals surface area contributed by atoms with E-state index in [1.54, 1.807) is 0 Å². The number of rotatable bonds is 6. The maximum Gasteiger partial charge on any atom is 0.0451 e. The molecule has 2 aromatic carbocycles. The molecule has 1 heterocycles. The van der Waals surface area contributed by atoms with Crippen molar-refractivity contribution in [3.8, 4) is 0 Å². The van der Waals surface area contributed by atoms with Crippen LogP contribution in [0, 0.1) is 6.92 Å². The van der Waals surface area contributed by atoms with Gasteiger partial charge in [-0.1, -0.05) is 54.6 Å². The van der Waals surface area contributed by atoms with E-state index in [9.17, 15) is 0 Å². The number of nitrogens with one attached hydrogen (secondary N) is 1. The second-order valence-corrected chi connectivity index (χ2v) is 6.76. The van der Waals surface area contributed by atoms with Gasteiger partial charge in [-0.25, -0.2) is 0 Å². The smallest absolute Gasteiger partial charge is 0.0451 e. The van der Waals surface area contributed by atoms with E-state index in [1.165, 1.54) is 11.1 Å². The average Bonchev–Trinajstić information content (AvgIpc) is 2.62. The quantitative estimate of drug-likeness (QED) is 0.882. The average molecular weight is 322 g/mol. The van der Waals surface area contributed by atoms with E-state index in [2.05, 4.69) is 83.7 Å². The molecule has 0 aromatic heterocycles. The Balaban J connectivity index is 1.64. The zero-order valence-corrected chi connectivity index (χ0v) is 14.6. The largest absolute Gasteiger partial charge is 0.305 e. The number of hydrogen-bond donors (Lipinski definition) is 1. The van der Waals surface area contributed by atoms with Crippen molar-refractivity contribution in [3.63, 3.8) is 0 Å². The zero-order valence-electron chi connectivity index (χ0n) is 14.6. The molecule has 0 amide bonds. The third kappa shape index (κ3) is 4.91. The van der Waals surface area contributed by atoms with Crippen molar-refractivity contribution < 1.29 is 0 Å². The molecule has 1 atom stereocenters. The van der Waals surface area contributed by atoms with Crippen molar-refractivity contribution in [2.45, 2.75) is 12.6 Å². The second-order valence-electron chi connectivity index (χ2n) is 6.76. The molecule has 3 nitrogen and oxygen atoms in total. The van der Waals surface area contributed by atoms with Crippen LogP contribution in [0.3, 0.4) is 0 Å². The van der Waals surface area contributed by atoms with Gasteiger partial charge in [-0.2, -0.15) is 0 Å². The molecule has 24 heavy (non-hydrogen) atoms. The summed E-state index contributed by atoms with van der Waals surface area (Å²) in [7, 11) is 2.20. The molecule has 1 aliphatic heterocycles. The molecular formula is C21H28N3. The topological polar surface area (TPSA) is 18.5 Å². The van der Waals surface area contributed by atoms with Gasteiger partial charge >= 0.3 is 0 Å². The molecule has 3 heteroatoms. The van der Waals surface area contributed by atoms with Crippen molar-refractivity contribution in [2.75, 3.05) is 39.8 Å². The molecule has 1 unspecified atom stereocenters. The van der Waals surface area contributed by atoms with E-state index in [0.29, 0.717) is 6.04 Å². The molecule has 1 radical (unpaired) electrons. The second kappa shape index (κ2) is 8.43. The first-order chi connectivity index (χ1) is 11.7. The normalized spacial score (nSPS) is 17.8. The fraction of sp³-hybridized carbons (Fsp3) is 0.381. The van der Waals surface area contributed by atoms with Crippen molar-refractivity contribution in [3.05, 3.63) is 78.2 Å². The van der Waals surface area contributed by atoms with Crippen molar-refractivity contribution in [2.24, 2.45) is 0 Å². The summed E-state index contributed by atoms with van der Waals surface area (Å²) >= 11 is 0. The molecule has 0 spiro atoms. The van der Waals surface area contributed by atoms with Crippen LogP contribution in [-0.4, -0.2) is 49.6 Å². The summed E-state index contributed by atoms with van der Waals surface area (Å²) in [6.07, 6.45) is 0. The minimum atomic E-state index is 0.356. The lowest BCUT2D eigenvalue weighted by atomic mass is 10.0. The van der Waals surface area contributed by atoms with Crippen LogP contribution in [0.5, 0.6) is 0 Å². The highest BCUT2D eigenvalue weighted by atomic mass is 15.3. The van der Waals surface area contributed by atoms with E-state index in [-0.39, 0.29) is 0 Å². The first-order valence-corrected chi connectivity index (χ1v) is 8.81. The minimum Gasteiger partial charge on any atom is -0.305 e. The highest BCUT2D eigenvalue weighted by Crippen LogP contribution is 2.16. The molecule has 1 N–H and O–H groups in total. The van der Waals surface area contributed by atoms with Crippen molar-refractivity contribution in [1.82, 2.24) is 15.1 Å². The number of likely N-dealkylation sites (N-methyl/N-ethyl adjacent to an activating group) is 1. The maximum atomic E-state index is 3.96. The summed E-state index contributed by atoms with van der Waals surface area (Å²) in [5.41, 5.74) is 3.74. The summed E-state index contributed by atoms with van der Waals surface area (Å²) < 4.78 is 0. The van der Waals surface area contributed by atoms with Gasteiger partial charge in [-0.15, -0.1) is 0 Å². The Bertz CT molecular complexity index is 601. The first-order valence-electron chi connectivity index (χ1n) is 8.81. The summed E-state index contributed by atoms with van der Waals surface area (Å²) in [6, 6.07) is 19.6. The zero-order chi connectivity index (χ0) is 16.8. The minimum absolute atomic E-state index is 0.356. The third-order valence-electron chi connectivity index (χ3n) is 4.81. The van der Waals surface area contributed by atoms with Crippen LogP contribution >= 0.6 is 0 Å². The number of hydrogen-bond acceptors (Lipinski definition) is 3. The molecule has 1 aliphatic rings. The summed E-state index contributed by atoms with van der Waals surface area (Å²) in [5.74, 6) is 0. The van der Waals surface area contributed by atoms with Gasteiger partial charge in [0.25, 0.3) is 0 Å². The standard InChI is InChI=1S/C21H28N3/c1-18-8-10-19(11-9-18)16-22-21(20-6-4-3-5-7-20)17-24-14-12-23(2)13-15-24/h3-11,21-22H,1,12-17H2,2H3. The Kier molecular flexibility index (Phi) is 6.02. The number of piperazine rings is 1. The molecule has 0 bridgehead atoms. The van der Waals surface area contributed by atoms with Gasteiger partial charge in [0.2, 0.25) is 0 Å². The first kappa shape index (κ1) is 17.2. The maximum absolute atomic E-state index is 3.96. The molecule has 0 aliphatic carbocycles. The van der Waals surface area contributed by atoms with Gasteiger partial charge in [0, 0.05) is 45.3 Å². The monoisotopic (exact) mass is 322 g/mol. The van der Waals surface area contributed by atoms with Crippen LogP contribution < -0.4 is 5.32 Å². The Labute approximate surface area is 146 Å². The highest BCUT2D eigenvalue weighted by molar-refractivity contribution is 5.25. The van der Waals surface area contributed by atoms with Gasteiger partial charge in [0.05, 0.1) is 0 Å². The highest BCUT2D eigenvalue weighted by Gasteiger charge is 2.19. The lowest BCUT2D eigenvalue weighted by Gasteiger charge is -2.35. The lowest BCUT2D eigenvalue weighted by Crippen LogP contribution is -2.47. The summed E-state index contributed by atoms with van der Waals surface area (Å²) in [6.45, 7) is 10.5. The Hall–Kier alpha value is -1.68. The predicted molar refractivity (Wildman–Crippen MR) is 101 cm³/mol. The van der Waals surface area contributed by atoms with Crippen LogP contribution in [0.2, 0.25) is 0 Å². The molecule has 3 rings (SSSR count). The fourth-order valence-electron chi connectivity index (χ4n) is 3.16. The third-order valence-corrected chi connectivity index (χ3v) is 4.81. The van der Waals surface area contributed by atoms with Crippen LogP contribution in [0.25, 0.3) is 0 Å². The molecule has 0 saturated carbocycles. The molecule has 1 fully saturated rings. The van der Waals surface area contributed by atoms with Gasteiger partial charge in [0.15, 0.2) is 0 Å². The fourth-order valence-corrected chi connectivity index (χ4v) is 3.16. The molecular weight excluding hydrogens is 294 g/mol. The SMILES string of the molecule is [CH2]c1ccc(CNC(CN2CCN(C)CC2)c2ccccc2)cc1. The molecule has 127 valence electrons. The van der Waals surface area contributed by atoms with Gasteiger partial charge in [-0.05, 0) is 30.7 Å². The van der Waals surface area contributed by atoms with Gasteiger partial charge in [-0.3, -0.25) is 4.90 Å². The van der Waals surface area contributed by atoms with Crippen molar-refractivity contribution >= 4 is 0 Å². The number of nitrogens with zero attached hydrogens (tertiary/aromatic N) is 2. The Morgan fingerprint density at radius 1 is 0.958 bits per heavy atom. The van der Waals surface area contributed by atoms with E-state index < -0.39 is 0 Å². The van der Waals surface area contributed by atoms with Crippen LogP contribution in [0.1, 0.15) is 22.7 Å². The Morgan fingerprint density at radius 2 is 1.62 bits per heavy atom. The Morgan fingerprint density at radius 3 is 2.29 bits per heavy atom. The van der Waals surface area contributed by atoms with Gasteiger partial charge in [0.1, 0.15) is 0 Å². The van der Waals surface area contributed by atoms with Crippen LogP contribution in [-0.2, 0) is 6.54 Å². The number of benzene rings is 2. The van der Waals surface area contributed by atoms with E-state index in [1.807, 2.05) is 0 Å².